The number of fused-ring (bicyclic) bond motifs is 1. The summed E-state index contributed by atoms with van der Waals surface area (Å²) in [5.74, 6) is 1.17. The van der Waals surface area contributed by atoms with Crippen LogP contribution >= 0.6 is 11.3 Å². The summed E-state index contributed by atoms with van der Waals surface area (Å²) in [6.45, 7) is 4.93. The number of anilines is 1. The quantitative estimate of drug-likeness (QED) is 0.398. The Bertz CT molecular complexity index is 992. The Morgan fingerprint density at radius 2 is 1.94 bits per heavy atom. The highest BCUT2D eigenvalue weighted by Crippen LogP contribution is 2.38. The molecule has 0 radical (unpaired) electrons. The lowest BCUT2D eigenvalue weighted by molar-refractivity contribution is -0.111. The van der Waals surface area contributed by atoms with Crippen LogP contribution in [-0.2, 0) is 22.4 Å². The van der Waals surface area contributed by atoms with Crippen molar-refractivity contribution in [2.45, 2.75) is 46.0 Å². The number of amides is 1. The number of aryl methyl sites for hydroxylation is 1. The molecule has 32 heavy (non-hydrogen) atoms. The predicted octanol–water partition coefficient (Wildman–Crippen LogP) is 5.50. The summed E-state index contributed by atoms with van der Waals surface area (Å²) in [6.07, 6.45) is 8.04. The maximum absolute atomic E-state index is 12.6. The molecule has 1 heterocycles. The Balaban J connectivity index is 1.70. The highest BCUT2D eigenvalue weighted by Gasteiger charge is 2.26. The lowest BCUT2D eigenvalue weighted by atomic mass is 9.95. The number of rotatable bonds is 9. The van der Waals surface area contributed by atoms with Crippen molar-refractivity contribution in [3.63, 3.8) is 0 Å². The molecule has 7 heteroatoms. The maximum Gasteiger partial charge on any atom is 0.341 e. The van der Waals surface area contributed by atoms with Gasteiger partial charge in [-0.2, -0.15) is 0 Å². The van der Waals surface area contributed by atoms with E-state index in [1.54, 1.807) is 13.2 Å². The minimum Gasteiger partial charge on any atom is -0.493 e. The van der Waals surface area contributed by atoms with Crippen LogP contribution in [0.5, 0.6) is 11.5 Å². The Morgan fingerprint density at radius 3 is 2.66 bits per heavy atom. The largest absolute Gasteiger partial charge is 0.493 e. The second-order valence-corrected chi connectivity index (χ2v) is 9.28. The van der Waals surface area contributed by atoms with Crippen LogP contribution in [0, 0.1) is 5.92 Å². The van der Waals surface area contributed by atoms with Crippen molar-refractivity contribution in [3.8, 4) is 11.5 Å². The summed E-state index contributed by atoms with van der Waals surface area (Å²) < 4.78 is 16.2. The van der Waals surface area contributed by atoms with Gasteiger partial charge in [-0.3, -0.25) is 4.79 Å². The summed E-state index contributed by atoms with van der Waals surface area (Å²) >= 11 is 1.47. The Morgan fingerprint density at radius 1 is 1.16 bits per heavy atom. The first-order valence-corrected chi connectivity index (χ1v) is 11.8. The molecule has 1 aliphatic rings. The van der Waals surface area contributed by atoms with E-state index in [-0.39, 0.29) is 5.91 Å². The van der Waals surface area contributed by atoms with Crippen molar-refractivity contribution in [3.05, 3.63) is 45.8 Å². The standard InChI is InChI=1S/C25H31NO5S/c1-16(2)13-14-31-19-11-9-17(15-20(19)29-3)10-12-22(27)26-24-23(25(28)30-4)18-7-5-6-8-21(18)32-24/h9-12,15-16H,5-8,13-14H2,1-4H3,(H,26,27)/b12-10+. The lowest BCUT2D eigenvalue weighted by Crippen LogP contribution is -2.13. The van der Waals surface area contributed by atoms with Crippen LogP contribution < -0.4 is 14.8 Å². The topological polar surface area (TPSA) is 73.9 Å². The lowest BCUT2D eigenvalue weighted by Gasteiger charge is -2.12. The van der Waals surface area contributed by atoms with Gasteiger partial charge in [0.15, 0.2) is 11.5 Å². The molecule has 0 bridgehead atoms. The van der Waals surface area contributed by atoms with E-state index >= 15 is 0 Å². The average molecular weight is 458 g/mol. The van der Waals surface area contributed by atoms with E-state index in [0.29, 0.717) is 34.6 Å². The first-order valence-electron chi connectivity index (χ1n) is 11.0. The van der Waals surface area contributed by atoms with Crippen LogP contribution in [0.1, 0.15) is 59.5 Å². The molecule has 1 aromatic heterocycles. The fourth-order valence-electron chi connectivity index (χ4n) is 3.61. The van der Waals surface area contributed by atoms with Gasteiger partial charge in [-0.1, -0.05) is 19.9 Å². The molecule has 3 rings (SSSR count). The number of carbonyl (C=O) groups is 2. The molecule has 6 nitrogen and oxygen atoms in total. The van der Waals surface area contributed by atoms with E-state index in [1.165, 1.54) is 24.5 Å². The van der Waals surface area contributed by atoms with Gasteiger partial charge in [-0.25, -0.2) is 4.79 Å². The second kappa shape index (κ2) is 11.2. The van der Waals surface area contributed by atoms with Crippen molar-refractivity contribution in [1.82, 2.24) is 0 Å². The molecule has 1 N–H and O–H groups in total. The molecule has 1 amide bonds. The minimum absolute atomic E-state index is 0.301. The van der Waals surface area contributed by atoms with E-state index in [2.05, 4.69) is 19.2 Å². The second-order valence-electron chi connectivity index (χ2n) is 8.17. The zero-order valence-electron chi connectivity index (χ0n) is 19.2. The number of benzene rings is 1. The molecule has 2 aromatic rings. The molecular weight excluding hydrogens is 426 g/mol. The van der Waals surface area contributed by atoms with Crippen LogP contribution in [0.3, 0.4) is 0 Å². The molecule has 1 aliphatic carbocycles. The number of esters is 1. The third-order valence-electron chi connectivity index (χ3n) is 5.37. The molecule has 0 atom stereocenters. The van der Waals surface area contributed by atoms with Gasteiger partial charge in [0.2, 0.25) is 5.91 Å². The maximum atomic E-state index is 12.6. The summed E-state index contributed by atoms with van der Waals surface area (Å²) in [6, 6.07) is 5.55. The molecule has 0 spiro atoms. The van der Waals surface area contributed by atoms with Gasteiger partial charge in [0.25, 0.3) is 0 Å². The van der Waals surface area contributed by atoms with Crippen LogP contribution in [0.25, 0.3) is 6.08 Å². The number of hydrogen-bond donors (Lipinski definition) is 1. The zero-order chi connectivity index (χ0) is 23.1. The first kappa shape index (κ1) is 23.9. The van der Waals surface area contributed by atoms with Crippen molar-refractivity contribution in [2.24, 2.45) is 5.92 Å². The SMILES string of the molecule is COC(=O)c1c(NC(=O)/C=C/c2ccc(OCCC(C)C)c(OC)c2)sc2c1CCCC2. The molecule has 0 saturated heterocycles. The van der Waals surface area contributed by atoms with Gasteiger partial charge in [-0.05, 0) is 67.4 Å². The average Bonchev–Trinajstić information content (AvgIpc) is 3.15. The first-order chi connectivity index (χ1) is 15.4. The predicted molar refractivity (Wildman–Crippen MR) is 128 cm³/mol. The molecular formula is C25H31NO5S. The van der Waals surface area contributed by atoms with E-state index in [4.69, 9.17) is 14.2 Å². The minimum atomic E-state index is -0.401. The third-order valence-corrected chi connectivity index (χ3v) is 6.57. The van der Waals surface area contributed by atoms with Crippen molar-refractivity contribution in [1.29, 1.82) is 0 Å². The molecule has 1 aromatic carbocycles. The van der Waals surface area contributed by atoms with E-state index in [9.17, 15) is 9.59 Å². The van der Waals surface area contributed by atoms with E-state index in [1.807, 2.05) is 18.2 Å². The number of thiophene rings is 1. The van der Waals surface area contributed by atoms with Crippen molar-refractivity contribution in [2.75, 3.05) is 26.1 Å². The van der Waals surface area contributed by atoms with Gasteiger partial charge in [0.1, 0.15) is 5.00 Å². The molecule has 172 valence electrons. The summed E-state index contributed by atoms with van der Waals surface area (Å²) in [5.41, 5.74) is 2.33. The molecule has 0 unspecified atom stereocenters. The number of methoxy groups -OCH3 is 2. The summed E-state index contributed by atoms with van der Waals surface area (Å²) in [5, 5.41) is 3.43. The number of ether oxygens (including phenoxy) is 3. The Labute approximate surface area is 193 Å². The van der Waals surface area contributed by atoms with Gasteiger partial charge in [0, 0.05) is 11.0 Å². The van der Waals surface area contributed by atoms with Gasteiger partial charge in [0.05, 0.1) is 26.4 Å². The van der Waals surface area contributed by atoms with Crippen LogP contribution in [0.15, 0.2) is 24.3 Å². The Kier molecular flexibility index (Phi) is 8.33. The molecule has 0 fully saturated rings. The fraction of sp³-hybridized carbons (Fsp3) is 0.440. The monoisotopic (exact) mass is 457 g/mol. The van der Waals surface area contributed by atoms with Gasteiger partial charge in [-0.15, -0.1) is 11.3 Å². The van der Waals surface area contributed by atoms with Crippen LogP contribution in [0.4, 0.5) is 5.00 Å². The normalized spacial score (nSPS) is 13.2. The van der Waals surface area contributed by atoms with Crippen molar-refractivity contribution >= 4 is 34.3 Å². The van der Waals surface area contributed by atoms with Gasteiger partial charge >= 0.3 is 5.97 Å². The fourth-order valence-corrected chi connectivity index (χ4v) is 4.89. The van der Waals surface area contributed by atoms with Crippen molar-refractivity contribution < 1.29 is 23.8 Å². The van der Waals surface area contributed by atoms with Crippen LogP contribution in [-0.4, -0.2) is 32.7 Å². The highest BCUT2D eigenvalue weighted by molar-refractivity contribution is 7.17. The summed E-state index contributed by atoms with van der Waals surface area (Å²) in [7, 11) is 2.96. The molecule has 0 aliphatic heterocycles. The number of nitrogens with one attached hydrogen (secondary N) is 1. The Hall–Kier alpha value is -2.80. The number of carbonyl (C=O) groups excluding carboxylic acids is 2. The smallest absolute Gasteiger partial charge is 0.341 e. The number of hydrogen-bond acceptors (Lipinski definition) is 6. The van der Waals surface area contributed by atoms with Crippen LogP contribution in [0.2, 0.25) is 0 Å². The summed E-state index contributed by atoms with van der Waals surface area (Å²) in [4.78, 5) is 26.1. The van der Waals surface area contributed by atoms with E-state index in [0.717, 1.165) is 48.1 Å². The zero-order valence-corrected chi connectivity index (χ0v) is 20.0. The van der Waals surface area contributed by atoms with Gasteiger partial charge < -0.3 is 19.5 Å². The highest BCUT2D eigenvalue weighted by atomic mass is 32.1. The van der Waals surface area contributed by atoms with E-state index < -0.39 is 5.97 Å². The molecule has 0 saturated carbocycles. The third kappa shape index (κ3) is 5.91.